The Kier molecular flexibility index (Phi) is 3.14. The number of aliphatic hydroxyl groups is 1. The van der Waals surface area contributed by atoms with Gasteiger partial charge in [-0.15, -0.1) is 0 Å². The van der Waals surface area contributed by atoms with E-state index in [1.807, 2.05) is 0 Å². The second kappa shape index (κ2) is 4.02. The van der Waals surface area contributed by atoms with E-state index in [0.717, 1.165) is 12.1 Å². The molecule has 0 aliphatic carbocycles. The Hall–Kier alpha value is -1.36. The molecule has 0 bridgehead atoms. The van der Waals surface area contributed by atoms with Crippen LogP contribution in [0.5, 0.6) is 0 Å². The van der Waals surface area contributed by atoms with Crippen molar-refractivity contribution >= 4 is 5.78 Å². The Morgan fingerprint density at radius 2 is 2.00 bits per heavy atom. The van der Waals surface area contributed by atoms with Crippen LogP contribution in [0.1, 0.15) is 28.9 Å². The largest absolute Gasteiger partial charge is 0.418 e. The van der Waals surface area contributed by atoms with Gasteiger partial charge in [0, 0.05) is 5.56 Å². The SMILES string of the molecule is CC(=O)c1cccc(C(O)C(F)(F)F)c1. The molecule has 82 valence electrons. The van der Waals surface area contributed by atoms with E-state index in [4.69, 9.17) is 5.11 Å². The molecule has 0 aromatic heterocycles. The van der Waals surface area contributed by atoms with Crippen molar-refractivity contribution < 1.29 is 23.1 Å². The Morgan fingerprint density at radius 3 is 2.47 bits per heavy atom. The number of alkyl halides is 3. The maximum absolute atomic E-state index is 12.1. The summed E-state index contributed by atoms with van der Waals surface area (Å²) in [4.78, 5) is 10.9. The highest BCUT2D eigenvalue weighted by atomic mass is 19.4. The fourth-order valence-corrected chi connectivity index (χ4v) is 1.12. The van der Waals surface area contributed by atoms with Crippen molar-refractivity contribution in [1.82, 2.24) is 0 Å². The Balaban J connectivity index is 3.06. The third-order valence-electron chi connectivity index (χ3n) is 1.92. The molecule has 1 N–H and O–H groups in total. The first-order valence-electron chi connectivity index (χ1n) is 4.18. The lowest BCUT2D eigenvalue weighted by molar-refractivity contribution is -0.206. The van der Waals surface area contributed by atoms with Gasteiger partial charge in [-0.05, 0) is 18.6 Å². The molecule has 1 unspecified atom stereocenters. The monoisotopic (exact) mass is 218 g/mol. The molecule has 0 aliphatic heterocycles. The zero-order valence-electron chi connectivity index (χ0n) is 7.88. The first-order valence-corrected chi connectivity index (χ1v) is 4.18. The molecule has 0 heterocycles. The van der Waals surface area contributed by atoms with Gasteiger partial charge in [0.15, 0.2) is 11.9 Å². The Bertz CT molecular complexity index is 371. The van der Waals surface area contributed by atoms with Gasteiger partial charge in [0.25, 0.3) is 0 Å². The Morgan fingerprint density at radius 1 is 1.40 bits per heavy atom. The van der Waals surface area contributed by atoms with Gasteiger partial charge in [0.05, 0.1) is 0 Å². The van der Waals surface area contributed by atoms with Crippen molar-refractivity contribution in [3.8, 4) is 0 Å². The second-order valence-electron chi connectivity index (χ2n) is 3.13. The molecule has 1 rings (SSSR count). The molecule has 1 atom stereocenters. The molecular weight excluding hydrogens is 209 g/mol. The van der Waals surface area contributed by atoms with Crippen LogP contribution in [0.2, 0.25) is 0 Å². The predicted molar refractivity (Wildman–Crippen MR) is 47.5 cm³/mol. The minimum Gasteiger partial charge on any atom is -0.379 e. The van der Waals surface area contributed by atoms with Gasteiger partial charge in [-0.2, -0.15) is 13.2 Å². The van der Waals surface area contributed by atoms with Crippen molar-refractivity contribution in [3.05, 3.63) is 35.4 Å². The number of carbonyl (C=O) groups is 1. The fraction of sp³-hybridized carbons (Fsp3) is 0.300. The molecule has 1 aromatic rings. The lowest BCUT2D eigenvalue weighted by Gasteiger charge is -2.15. The smallest absolute Gasteiger partial charge is 0.379 e. The van der Waals surface area contributed by atoms with Crippen LogP contribution >= 0.6 is 0 Å². The van der Waals surface area contributed by atoms with Crippen molar-refractivity contribution in [3.63, 3.8) is 0 Å². The summed E-state index contributed by atoms with van der Waals surface area (Å²) in [6.45, 7) is 1.25. The second-order valence-corrected chi connectivity index (χ2v) is 3.13. The maximum atomic E-state index is 12.1. The van der Waals surface area contributed by atoms with Crippen LogP contribution in [0.15, 0.2) is 24.3 Å². The topological polar surface area (TPSA) is 37.3 Å². The summed E-state index contributed by atoms with van der Waals surface area (Å²) in [5.41, 5.74) is -0.175. The van der Waals surface area contributed by atoms with Crippen molar-refractivity contribution in [2.45, 2.75) is 19.2 Å². The highest BCUT2D eigenvalue weighted by Crippen LogP contribution is 2.32. The van der Waals surface area contributed by atoms with Crippen LogP contribution in [0.4, 0.5) is 13.2 Å². The fourth-order valence-electron chi connectivity index (χ4n) is 1.12. The van der Waals surface area contributed by atoms with Crippen LogP contribution in [0, 0.1) is 0 Å². The van der Waals surface area contributed by atoms with E-state index >= 15 is 0 Å². The number of Topliss-reactive ketones (excluding diaryl/α,β-unsaturated/α-hetero) is 1. The number of ketones is 1. The van der Waals surface area contributed by atoms with E-state index in [1.54, 1.807) is 0 Å². The lowest BCUT2D eigenvalue weighted by atomic mass is 10.0. The Labute approximate surface area is 84.3 Å². The highest BCUT2D eigenvalue weighted by molar-refractivity contribution is 5.94. The molecule has 1 aromatic carbocycles. The quantitative estimate of drug-likeness (QED) is 0.774. The van der Waals surface area contributed by atoms with E-state index in [-0.39, 0.29) is 16.9 Å². The third-order valence-corrected chi connectivity index (χ3v) is 1.92. The first-order chi connectivity index (χ1) is 6.82. The van der Waals surface area contributed by atoms with E-state index in [9.17, 15) is 18.0 Å². The number of benzene rings is 1. The molecule has 0 radical (unpaired) electrons. The minimum absolute atomic E-state index is 0.149. The highest BCUT2D eigenvalue weighted by Gasteiger charge is 2.39. The van der Waals surface area contributed by atoms with Crippen molar-refractivity contribution in [1.29, 1.82) is 0 Å². The molecule has 0 saturated carbocycles. The van der Waals surface area contributed by atoms with Crippen molar-refractivity contribution in [2.24, 2.45) is 0 Å². The summed E-state index contributed by atoms with van der Waals surface area (Å²) in [7, 11) is 0. The summed E-state index contributed by atoms with van der Waals surface area (Å²) >= 11 is 0. The predicted octanol–water partition coefficient (Wildman–Crippen LogP) is 2.48. The third kappa shape index (κ3) is 2.79. The average Bonchev–Trinajstić information content (AvgIpc) is 2.15. The van der Waals surface area contributed by atoms with Gasteiger partial charge in [-0.3, -0.25) is 4.79 Å². The van der Waals surface area contributed by atoms with Crippen LogP contribution in [0.25, 0.3) is 0 Å². The molecule has 0 aliphatic rings. The number of hydrogen-bond acceptors (Lipinski definition) is 2. The summed E-state index contributed by atoms with van der Waals surface area (Å²) in [6.07, 6.45) is -7.26. The molecule has 0 amide bonds. The summed E-state index contributed by atoms with van der Waals surface area (Å²) in [6, 6.07) is 4.88. The van der Waals surface area contributed by atoms with Gasteiger partial charge in [-0.25, -0.2) is 0 Å². The van der Waals surface area contributed by atoms with E-state index in [1.165, 1.54) is 19.1 Å². The first kappa shape index (κ1) is 11.7. The van der Waals surface area contributed by atoms with Crippen molar-refractivity contribution in [2.75, 3.05) is 0 Å². The zero-order chi connectivity index (χ0) is 11.6. The number of rotatable bonds is 2. The molecule has 0 saturated heterocycles. The van der Waals surface area contributed by atoms with Crippen LogP contribution in [-0.4, -0.2) is 17.1 Å². The minimum atomic E-state index is -4.71. The standard InChI is InChI=1S/C10H9F3O2/c1-6(14)7-3-2-4-8(5-7)9(15)10(11,12)13/h2-5,9,15H,1H3. The number of aliphatic hydroxyl groups excluding tert-OH is 1. The van der Waals surface area contributed by atoms with E-state index < -0.39 is 12.3 Å². The molecular formula is C10H9F3O2. The van der Waals surface area contributed by atoms with E-state index in [0.29, 0.717) is 0 Å². The van der Waals surface area contributed by atoms with Gasteiger partial charge in [-0.1, -0.05) is 18.2 Å². The van der Waals surface area contributed by atoms with Gasteiger partial charge in [0.1, 0.15) is 0 Å². The number of carbonyl (C=O) groups excluding carboxylic acids is 1. The summed E-state index contributed by atoms with van der Waals surface area (Å²) in [5.74, 6) is -0.341. The molecule has 5 heteroatoms. The lowest BCUT2D eigenvalue weighted by Crippen LogP contribution is -2.20. The molecule has 15 heavy (non-hydrogen) atoms. The molecule has 2 nitrogen and oxygen atoms in total. The van der Waals surface area contributed by atoms with Crippen LogP contribution in [0.3, 0.4) is 0 Å². The molecule has 0 spiro atoms. The number of hydrogen-bond donors (Lipinski definition) is 1. The van der Waals surface area contributed by atoms with Crippen LogP contribution < -0.4 is 0 Å². The average molecular weight is 218 g/mol. The van der Waals surface area contributed by atoms with E-state index in [2.05, 4.69) is 0 Å². The summed E-state index contributed by atoms with van der Waals surface area (Å²) < 4.78 is 36.4. The summed E-state index contributed by atoms with van der Waals surface area (Å²) in [5, 5.41) is 8.93. The normalized spacial score (nSPS) is 13.7. The van der Waals surface area contributed by atoms with Gasteiger partial charge < -0.3 is 5.11 Å². The van der Waals surface area contributed by atoms with Gasteiger partial charge >= 0.3 is 6.18 Å². The maximum Gasteiger partial charge on any atom is 0.418 e. The number of halogens is 3. The zero-order valence-corrected chi connectivity index (χ0v) is 7.88. The van der Waals surface area contributed by atoms with Crippen LogP contribution in [-0.2, 0) is 0 Å². The van der Waals surface area contributed by atoms with Gasteiger partial charge in [0.2, 0.25) is 0 Å². The molecule has 0 fully saturated rings.